The van der Waals surface area contributed by atoms with Crippen LogP contribution in [-0.2, 0) is 16.1 Å². The third-order valence-electron chi connectivity index (χ3n) is 4.20. The fourth-order valence-corrected chi connectivity index (χ4v) is 2.78. The number of nitrogens with zero attached hydrogens (tertiary/aromatic N) is 3. The Bertz CT molecular complexity index is 698. The van der Waals surface area contributed by atoms with Crippen molar-refractivity contribution in [2.24, 2.45) is 0 Å². The molecule has 6 nitrogen and oxygen atoms in total. The number of piperazine rings is 1. The molecule has 0 atom stereocenters. The smallest absolute Gasteiger partial charge is 0.340 e. The predicted molar refractivity (Wildman–Crippen MR) is 92.8 cm³/mol. The van der Waals surface area contributed by atoms with E-state index in [0.717, 1.165) is 19.6 Å². The van der Waals surface area contributed by atoms with Crippen molar-refractivity contribution in [1.82, 2.24) is 14.8 Å². The van der Waals surface area contributed by atoms with Crippen molar-refractivity contribution in [2.75, 3.05) is 32.8 Å². The van der Waals surface area contributed by atoms with Crippen molar-refractivity contribution in [2.45, 2.75) is 6.54 Å². The summed E-state index contributed by atoms with van der Waals surface area (Å²) in [6.45, 7) is 3.59. The number of pyridine rings is 1. The highest BCUT2D eigenvalue weighted by Gasteiger charge is 2.22. The first-order chi connectivity index (χ1) is 12.2. The largest absolute Gasteiger partial charge is 0.452 e. The second-order valence-corrected chi connectivity index (χ2v) is 5.96. The number of benzene rings is 1. The molecule has 0 saturated carbocycles. The van der Waals surface area contributed by atoms with Gasteiger partial charge < -0.3 is 9.64 Å². The highest BCUT2D eigenvalue weighted by molar-refractivity contribution is 5.90. The minimum absolute atomic E-state index is 0.156. The topological polar surface area (TPSA) is 62.7 Å². The first-order valence-electron chi connectivity index (χ1n) is 8.33. The number of aromatic nitrogens is 1. The summed E-state index contributed by atoms with van der Waals surface area (Å²) in [6.07, 6.45) is 3.01. The molecule has 1 aromatic heterocycles. The van der Waals surface area contributed by atoms with Gasteiger partial charge in [0, 0.05) is 45.1 Å². The third kappa shape index (κ3) is 4.87. The summed E-state index contributed by atoms with van der Waals surface area (Å²) in [4.78, 5) is 32.0. The van der Waals surface area contributed by atoms with Gasteiger partial charge in [0.25, 0.3) is 5.91 Å². The molecule has 0 spiro atoms. The molecule has 1 fully saturated rings. The number of carbonyl (C=O) groups is 2. The number of esters is 1. The molecule has 2 aromatic rings. The van der Waals surface area contributed by atoms with Crippen LogP contribution < -0.4 is 0 Å². The number of ether oxygens (including phenoxy) is 1. The maximum Gasteiger partial charge on any atom is 0.340 e. The number of hydrogen-bond acceptors (Lipinski definition) is 5. The summed E-state index contributed by atoms with van der Waals surface area (Å²) >= 11 is 0. The normalized spacial score (nSPS) is 15.0. The van der Waals surface area contributed by atoms with Gasteiger partial charge in [-0.05, 0) is 17.7 Å². The lowest BCUT2D eigenvalue weighted by molar-refractivity contribution is -0.136. The van der Waals surface area contributed by atoms with Gasteiger partial charge in [0.05, 0.1) is 5.56 Å². The van der Waals surface area contributed by atoms with Gasteiger partial charge in [0.15, 0.2) is 6.61 Å². The van der Waals surface area contributed by atoms with Crippen LogP contribution >= 0.6 is 0 Å². The first kappa shape index (κ1) is 17.1. The second kappa shape index (κ2) is 8.39. The van der Waals surface area contributed by atoms with E-state index in [9.17, 15) is 9.59 Å². The number of hydrogen-bond donors (Lipinski definition) is 0. The van der Waals surface area contributed by atoms with Crippen LogP contribution in [0.4, 0.5) is 0 Å². The first-order valence-corrected chi connectivity index (χ1v) is 8.33. The van der Waals surface area contributed by atoms with Gasteiger partial charge in [-0.2, -0.15) is 0 Å². The monoisotopic (exact) mass is 339 g/mol. The van der Waals surface area contributed by atoms with Crippen LogP contribution in [-0.4, -0.2) is 59.4 Å². The van der Waals surface area contributed by atoms with Gasteiger partial charge in [-0.25, -0.2) is 4.79 Å². The quantitative estimate of drug-likeness (QED) is 0.774. The zero-order valence-electron chi connectivity index (χ0n) is 14.0. The SMILES string of the molecule is O=C(OCC(=O)N1CCN(Cc2ccccc2)CC1)c1cccnc1. The molecule has 0 N–H and O–H groups in total. The second-order valence-electron chi connectivity index (χ2n) is 5.96. The molecule has 1 amide bonds. The summed E-state index contributed by atoms with van der Waals surface area (Å²) < 4.78 is 5.08. The molecule has 6 heteroatoms. The molecular formula is C19H21N3O3. The van der Waals surface area contributed by atoms with Gasteiger partial charge in [-0.1, -0.05) is 30.3 Å². The average molecular weight is 339 g/mol. The summed E-state index contributed by atoms with van der Waals surface area (Å²) in [7, 11) is 0. The molecular weight excluding hydrogens is 318 g/mol. The maximum absolute atomic E-state index is 12.2. The van der Waals surface area contributed by atoms with E-state index in [1.165, 1.54) is 11.8 Å². The molecule has 3 rings (SSSR count). The lowest BCUT2D eigenvalue weighted by Gasteiger charge is -2.34. The molecule has 1 aromatic carbocycles. The molecule has 25 heavy (non-hydrogen) atoms. The van der Waals surface area contributed by atoms with E-state index < -0.39 is 5.97 Å². The van der Waals surface area contributed by atoms with Crippen LogP contribution in [0.3, 0.4) is 0 Å². The predicted octanol–water partition coefficient (Wildman–Crippen LogP) is 1.58. The average Bonchev–Trinajstić information content (AvgIpc) is 2.68. The Morgan fingerprint density at radius 3 is 2.44 bits per heavy atom. The van der Waals surface area contributed by atoms with Gasteiger partial charge >= 0.3 is 5.97 Å². The lowest BCUT2D eigenvalue weighted by atomic mass is 10.2. The van der Waals surface area contributed by atoms with Crippen molar-refractivity contribution >= 4 is 11.9 Å². The molecule has 1 aliphatic rings. The van der Waals surface area contributed by atoms with Crippen molar-refractivity contribution in [3.63, 3.8) is 0 Å². The van der Waals surface area contributed by atoms with E-state index in [4.69, 9.17) is 4.74 Å². The lowest BCUT2D eigenvalue weighted by Crippen LogP contribution is -2.49. The Hall–Kier alpha value is -2.73. The van der Waals surface area contributed by atoms with Crippen LogP contribution in [0.15, 0.2) is 54.9 Å². The molecule has 0 unspecified atom stereocenters. The van der Waals surface area contributed by atoms with E-state index in [1.807, 2.05) is 18.2 Å². The summed E-state index contributed by atoms with van der Waals surface area (Å²) in [6, 6.07) is 13.6. The van der Waals surface area contributed by atoms with E-state index in [1.54, 1.807) is 23.2 Å². The van der Waals surface area contributed by atoms with Gasteiger partial charge in [0.2, 0.25) is 0 Å². The summed E-state index contributed by atoms with van der Waals surface area (Å²) in [5, 5.41) is 0. The van der Waals surface area contributed by atoms with Crippen molar-refractivity contribution in [3.8, 4) is 0 Å². The Balaban J connectivity index is 1.42. The van der Waals surface area contributed by atoms with Crippen LogP contribution in [0, 0.1) is 0 Å². The van der Waals surface area contributed by atoms with Crippen LogP contribution in [0.5, 0.6) is 0 Å². The molecule has 2 heterocycles. The fourth-order valence-electron chi connectivity index (χ4n) is 2.78. The van der Waals surface area contributed by atoms with Crippen molar-refractivity contribution in [3.05, 3.63) is 66.0 Å². The van der Waals surface area contributed by atoms with E-state index >= 15 is 0 Å². The summed E-state index contributed by atoms with van der Waals surface area (Å²) in [5.41, 5.74) is 1.62. The number of amides is 1. The van der Waals surface area contributed by atoms with E-state index in [0.29, 0.717) is 18.7 Å². The molecule has 130 valence electrons. The zero-order valence-corrected chi connectivity index (χ0v) is 14.0. The fraction of sp³-hybridized carbons (Fsp3) is 0.316. The van der Waals surface area contributed by atoms with Crippen LogP contribution in [0.2, 0.25) is 0 Å². The Kier molecular flexibility index (Phi) is 5.74. The number of rotatable bonds is 5. The van der Waals surface area contributed by atoms with Crippen LogP contribution in [0.25, 0.3) is 0 Å². The van der Waals surface area contributed by atoms with Gasteiger partial charge in [-0.3, -0.25) is 14.7 Å². The third-order valence-corrected chi connectivity index (χ3v) is 4.20. The molecule has 1 aliphatic heterocycles. The van der Waals surface area contributed by atoms with Crippen molar-refractivity contribution < 1.29 is 14.3 Å². The van der Waals surface area contributed by atoms with Gasteiger partial charge in [-0.15, -0.1) is 0 Å². The van der Waals surface area contributed by atoms with Crippen molar-refractivity contribution in [1.29, 1.82) is 0 Å². The Labute approximate surface area is 147 Å². The highest BCUT2D eigenvalue weighted by Crippen LogP contribution is 2.09. The molecule has 0 bridgehead atoms. The van der Waals surface area contributed by atoms with E-state index in [-0.39, 0.29) is 12.5 Å². The minimum Gasteiger partial charge on any atom is -0.452 e. The molecule has 0 radical (unpaired) electrons. The Morgan fingerprint density at radius 2 is 1.76 bits per heavy atom. The molecule has 0 aliphatic carbocycles. The maximum atomic E-state index is 12.2. The highest BCUT2D eigenvalue weighted by atomic mass is 16.5. The number of carbonyl (C=O) groups excluding carboxylic acids is 2. The molecule has 1 saturated heterocycles. The zero-order chi connectivity index (χ0) is 17.5. The Morgan fingerprint density at radius 1 is 1.00 bits per heavy atom. The standard InChI is InChI=1S/C19H21N3O3/c23-18(15-25-19(24)17-7-4-8-20-13-17)22-11-9-21(10-12-22)14-16-5-2-1-3-6-16/h1-8,13H,9-12,14-15H2. The van der Waals surface area contributed by atoms with E-state index in [2.05, 4.69) is 22.0 Å². The van der Waals surface area contributed by atoms with Crippen LogP contribution in [0.1, 0.15) is 15.9 Å². The summed E-state index contributed by atoms with van der Waals surface area (Å²) in [5.74, 6) is -0.680. The van der Waals surface area contributed by atoms with Gasteiger partial charge in [0.1, 0.15) is 0 Å². The minimum atomic E-state index is -0.524.